The van der Waals surface area contributed by atoms with Crippen molar-refractivity contribution >= 4 is 22.8 Å². The van der Waals surface area contributed by atoms with Gasteiger partial charge in [-0.15, -0.1) is 5.10 Å². The van der Waals surface area contributed by atoms with E-state index in [0.29, 0.717) is 31.3 Å². The SMILES string of the molecule is COCC[C@@H](NC(=O)Nc1cc2[nH]nc(OC3CCOC(C)C3)c2cn1)c1ccccc1. The summed E-state index contributed by atoms with van der Waals surface area (Å²) in [6.45, 7) is 3.26. The summed E-state index contributed by atoms with van der Waals surface area (Å²) in [5, 5.41) is 13.8. The summed E-state index contributed by atoms with van der Waals surface area (Å²) in [6.07, 6.45) is 4.22. The van der Waals surface area contributed by atoms with Gasteiger partial charge in [-0.25, -0.2) is 9.78 Å². The summed E-state index contributed by atoms with van der Waals surface area (Å²) in [6, 6.07) is 11.0. The Labute approximate surface area is 186 Å². The van der Waals surface area contributed by atoms with Crippen molar-refractivity contribution < 1.29 is 19.0 Å². The maximum absolute atomic E-state index is 12.6. The number of pyridine rings is 1. The van der Waals surface area contributed by atoms with Gasteiger partial charge in [0.15, 0.2) is 0 Å². The molecule has 3 heterocycles. The first-order chi connectivity index (χ1) is 15.6. The molecule has 1 aliphatic rings. The first-order valence-electron chi connectivity index (χ1n) is 10.9. The lowest BCUT2D eigenvalue weighted by molar-refractivity contribution is -0.0260. The zero-order chi connectivity index (χ0) is 22.3. The molecule has 0 bridgehead atoms. The van der Waals surface area contributed by atoms with Gasteiger partial charge in [-0.1, -0.05) is 30.3 Å². The molecule has 0 radical (unpaired) electrons. The number of H-pyrrole nitrogens is 1. The van der Waals surface area contributed by atoms with Gasteiger partial charge >= 0.3 is 6.03 Å². The second-order valence-corrected chi connectivity index (χ2v) is 7.93. The maximum Gasteiger partial charge on any atom is 0.320 e. The number of nitrogens with one attached hydrogen (secondary N) is 3. The first kappa shape index (κ1) is 22.0. The quantitative estimate of drug-likeness (QED) is 0.492. The molecule has 9 nitrogen and oxygen atoms in total. The number of ether oxygens (including phenoxy) is 3. The molecule has 4 rings (SSSR count). The Morgan fingerprint density at radius 1 is 1.34 bits per heavy atom. The Balaban J connectivity index is 1.40. The number of carbonyl (C=O) groups is 1. The molecular weight excluding hydrogens is 410 g/mol. The van der Waals surface area contributed by atoms with E-state index in [2.05, 4.69) is 25.8 Å². The zero-order valence-electron chi connectivity index (χ0n) is 18.3. The third-order valence-electron chi connectivity index (χ3n) is 5.49. The highest BCUT2D eigenvalue weighted by Crippen LogP contribution is 2.27. The summed E-state index contributed by atoms with van der Waals surface area (Å²) in [4.78, 5) is 17.0. The fraction of sp³-hybridized carbons (Fsp3) is 0.435. The zero-order valence-corrected chi connectivity index (χ0v) is 18.3. The molecule has 2 amide bonds. The second-order valence-electron chi connectivity index (χ2n) is 7.93. The van der Waals surface area contributed by atoms with Gasteiger partial charge in [-0.2, -0.15) is 0 Å². The molecule has 32 heavy (non-hydrogen) atoms. The number of fused-ring (bicyclic) bond motifs is 1. The van der Waals surface area contributed by atoms with Crippen LogP contribution in [0.15, 0.2) is 42.6 Å². The average Bonchev–Trinajstić information content (AvgIpc) is 3.19. The minimum Gasteiger partial charge on any atom is -0.473 e. The van der Waals surface area contributed by atoms with Crippen molar-refractivity contribution in [3.05, 3.63) is 48.2 Å². The van der Waals surface area contributed by atoms with E-state index in [0.717, 1.165) is 29.3 Å². The minimum atomic E-state index is -0.339. The summed E-state index contributed by atoms with van der Waals surface area (Å²) in [5.74, 6) is 0.940. The number of anilines is 1. The molecule has 1 fully saturated rings. The molecular formula is C23H29N5O4. The Morgan fingerprint density at radius 3 is 2.97 bits per heavy atom. The van der Waals surface area contributed by atoms with E-state index in [9.17, 15) is 4.79 Å². The van der Waals surface area contributed by atoms with Crippen molar-refractivity contribution in [1.82, 2.24) is 20.5 Å². The molecule has 0 spiro atoms. The predicted molar refractivity (Wildman–Crippen MR) is 121 cm³/mol. The topological polar surface area (TPSA) is 110 Å². The van der Waals surface area contributed by atoms with Gasteiger partial charge in [0.2, 0.25) is 5.88 Å². The van der Waals surface area contributed by atoms with Crippen molar-refractivity contribution in [2.45, 2.75) is 44.4 Å². The fourth-order valence-electron chi connectivity index (χ4n) is 3.82. The van der Waals surface area contributed by atoms with Crippen molar-refractivity contribution in [3.8, 4) is 5.88 Å². The molecule has 170 valence electrons. The van der Waals surface area contributed by atoms with Gasteiger partial charge in [-0.05, 0) is 18.9 Å². The lowest BCUT2D eigenvalue weighted by atomic mass is 10.0. The van der Waals surface area contributed by atoms with Gasteiger partial charge < -0.3 is 19.5 Å². The largest absolute Gasteiger partial charge is 0.473 e. The number of aromatic amines is 1. The standard InChI is InChI=1S/C23H29N5O4/c1-15-12-17(8-11-31-15)32-22-18-14-24-21(13-20(18)27-28-22)26-23(29)25-19(9-10-30-2)16-6-4-3-5-7-16/h3-7,13-15,17,19H,8-12H2,1-2H3,(H,27,28)(H2,24,25,26,29)/t15?,17?,19-/m1/s1. The first-order valence-corrected chi connectivity index (χ1v) is 10.9. The highest BCUT2D eigenvalue weighted by Gasteiger charge is 2.23. The van der Waals surface area contributed by atoms with Crippen LogP contribution in [-0.2, 0) is 9.47 Å². The summed E-state index contributed by atoms with van der Waals surface area (Å²) >= 11 is 0. The number of benzene rings is 1. The molecule has 1 saturated heterocycles. The summed E-state index contributed by atoms with van der Waals surface area (Å²) in [7, 11) is 1.65. The number of rotatable bonds is 8. The number of aromatic nitrogens is 3. The van der Waals surface area contributed by atoms with Crippen LogP contribution < -0.4 is 15.4 Å². The number of urea groups is 1. The van der Waals surface area contributed by atoms with Gasteiger partial charge in [0.25, 0.3) is 0 Å². The van der Waals surface area contributed by atoms with Crippen LogP contribution in [0.2, 0.25) is 0 Å². The molecule has 0 aliphatic carbocycles. The lowest BCUT2D eigenvalue weighted by Gasteiger charge is -2.27. The highest BCUT2D eigenvalue weighted by atomic mass is 16.5. The third-order valence-corrected chi connectivity index (χ3v) is 5.49. The van der Waals surface area contributed by atoms with E-state index in [-0.39, 0.29) is 24.3 Å². The van der Waals surface area contributed by atoms with Crippen LogP contribution in [0.3, 0.4) is 0 Å². The van der Waals surface area contributed by atoms with Crippen LogP contribution in [0, 0.1) is 0 Å². The predicted octanol–water partition coefficient (Wildman–Crippen LogP) is 3.80. The number of hydrogen-bond acceptors (Lipinski definition) is 6. The molecule has 2 aromatic heterocycles. The smallest absolute Gasteiger partial charge is 0.320 e. The van der Waals surface area contributed by atoms with Crippen LogP contribution in [0.25, 0.3) is 10.9 Å². The third kappa shape index (κ3) is 5.54. The van der Waals surface area contributed by atoms with E-state index in [4.69, 9.17) is 14.2 Å². The molecule has 3 atom stereocenters. The Bertz CT molecular complexity index is 1030. The number of carbonyl (C=O) groups excluding carboxylic acids is 1. The number of amides is 2. The Morgan fingerprint density at radius 2 is 2.19 bits per heavy atom. The van der Waals surface area contributed by atoms with Gasteiger partial charge in [0, 0.05) is 38.8 Å². The number of methoxy groups -OCH3 is 1. The van der Waals surface area contributed by atoms with Crippen molar-refractivity contribution in [2.24, 2.45) is 0 Å². The van der Waals surface area contributed by atoms with Gasteiger partial charge in [0.05, 0.1) is 29.7 Å². The van der Waals surface area contributed by atoms with Crippen LogP contribution in [0.5, 0.6) is 5.88 Å². The molecule has 2 unspecified atom stereocenters. The van der Waals surface area contributed by atoms with Crippen LogP contribution >= 0.6 is 0 Å². The normalized spacial score (nSPS) is 19.4. The minimum absolute atomic E-state index is 0.0656. The maximum atomic E-state index is 12.6. The van der Waals surface area contributed by atoms with Crippen LogP contribution in [0.4, 0.5) is 10.6 Å². The van der Waals surface area contributed by atoms with Crippen LogP contribution in [0.1, 0.15) is 37.8 Å². The fourth-order valence-corrected chi connectivity index (χ4v) is 3.82. The molecule has 3 aromatic rings. The molecule has 0 saturated carbocycles. The van der Waals surface area contributed by atoms with E-state index >= 15 is 0 Å². The highest BCUT2D eigenvalue weighted by molar-refractivity contribution is 5.92. The van der Waals surface area contributed by atoms with E-state index in [1.165, 1.54) is 0 Å². The monoisotopic (exact) mass is 439 g/mol. The van der Waals surface area contributed by atoms with Gasteiger partial charge in [0.1, 0.15) is 11.9 Å². The van der Waals surface area contributed by atoms with Gasteiger partial charge in [-0.3, -0.25) is 10.4 Å². The molecule has 3 N–H and O–H groups in total. The summed E-state index contributed by atoms with van der Waals surface area (Å²) < 4.78 is 16.8. The van der Waals surface area contributed by atoms with E-state index < -0.39 is 0 Å². The second kappa shape index (κ2) is 10.4. The van der Waals surface area contributed by atoms with E-state index in [1.807, 2.05) is 37.3 Å². The molecule has 1 aliphatic heterocycles. The van der Waals surface area contributed by atoms with E-state index in [1.54, 1.807) is 19.4 Å². The Hall–Kier alpha value is -3.17. The number of hydrogen-bond donors (Lipinski definition) is 3. The summed E-state index contributed by atoms with van der Waals surface area (Å²) in [5.41, 5.74) is 1.75. The number of nitrogens with zero attached hydrogens (tertiary/aromatic N) is 2. The average molecular weight is 440 g/mol. The van der Waals surface area contributed by atoms with Crippen LogP contribution in [-0.4, -0.2) is 53.7 Å². The van der Waals surface area contributed by atoms with Crippen molar-refractivity contribution in [3.63, 3.8) is 0 Å². The van der Waals surface area contributed by atoms with Crippen molar-refractivity contribution in [2.75, 3.05) is 25.6 Å². The molecule has 9 heteroatoms. The lowest BCUT2D eigenvalue weighted by Crippen LogP contribution is -2.33. The van der Waals surface area contributed by atoms with Crippen molar-refractivity contribution in [1.29, 1.82) is 0 Å². The molecule has 1 aromatic carbocycles. The Kier molecular flexibility index (Phi) is 7.18.